The Labute approximate surface area is 209 Å². The number of nitrogens with zero attached hydrogens (tertiary/aromatic N) is 3. The van der Waals surface area contributed by atoms with Crippen LogP contribution in [0.4, 0.5) is 5.82 Å². The number of hydrogen-bond donors (Lipinski definition) is 1. The predicted molar refractivity (Wildman–Crippen MR) is 139 cm³/mol. The summed E-state index contributed by atoms with van der Waals surface area (Å²) in [6.07, 6.45) is 4.94. The predicted octanol–water partition coefficient (Wildman–Crippen LogP) is 5.71. The molecule has 2 aromatic carbocycles. The third kappa shape index (κ3) is 5.25. The van der Waals surface area contributed by atoms with E-state index in [1.165, 1.54) is 7.11 Å². The van der Waals surface area contributed by atoms with E-state index in [2.05, 4.69) is 16.8 Å². The first-order valence-electron chi connectivity index (χ1n) is 11.7. The summed E-state index contributed by atoms with van der Waals surface area (Å²) in [5.74, 6) is 0.987. The number of benzene rings is 2. The van der Waals surface area contributed by atoms with Crippen molar-refractivity contribution >= 4 is 29.2 Å². The average molecular weight is 493 g/mol. The number of imidazole rings is 1. The van der Waals surface area contributed by atoms with Crippen LogP contribution in [0.15, 0.2) is 59.5 Å². The summed E-state index contributed by atoms with van der Waals surface area (Å²) in [5.41, 5.74) is 3.61. The Morgan fingerprint density at radius 3 is 2.46 bits per heavy atom. The van der Waals surface area contributed by atoms with Crippen LogP contribution in [-0.4, -0.2) is 27.0 Å². The van der Waals surface area contributed by atoms with Crippen molar-refractivity contribution in [1.82, 2.24) is 14.0 Å². The van der Waals surface area contributed by atoms with Crippen LogP contribution in [0.5, 0.6) is 0 Å². The summed E-state index contributed by atoms with van der Waals surface area (Å²) in [6, 6.07) is 14.7. The quantitative estimate of drug-likeness (QED) is 0.239. The highest BCUT2D eigenvalue weighted by atomic mass is 35.5. The number of hydrogen-bond acceptors (Lipinski definition) is 5. The Hall–Kier alpha value is -3.58. The molecular formula is C27H29ClN4O3. The minimum Gasteiger partial charge on any atom is -0.465 e. The highest BCUT2D eigenvalue weighted by molar-refractivity contribution is 6.30. The van der Waals surface area contributed by atoms with E-state index in [0.717, 1.165) is 48.4 Å². The van der Waals surface area contributed by atoms with Crippen molar-refractivity contribution in [2.24, 2.45) is 0 Å². The molecule has 35 heavy (non-hydrogen) atoms. The number of ether oxygens (including phenoxy) is 1. The minimum absolute atomic E-state index is 0.108. The highest BCUT2D eigenvalue weighted by Gasteiger charge is 2.17. The summed E-state index contributed by atoms with van der Waals surface area (Å²) < 4.78 is 8.49. The molecule has 0 saturated heterocycles. The molecule has 182 valence electrons. The number of aryl methyl sites for hydroxylation is 1. The number of carbonyl (C=O) groups is 1. The van der Waals surface area contributed by atoms with E-state index >= 15 is 0 Å². The number of halogens is 1. The number of esters is 1. The SMILES string of the molecule is CCCCCn1c(NCc2ccc(C(=O)OC)cc2)c(C)c(=O)n2cc(-c3ccc(Cl)cc3)nc12. The molecule has 0 unspecified atom stereocenters. The van der Waals surface area contributed by atoms with Crippen molar-refractivity contribution in [2.75, 3.05) is 12.4 Å². The second kappa shape index (κ2) is 10.8. The van der Waals surface area contributed by atoms with Crippen LogP contribution >= 0.6 is 11.6 Å². The van der Waals surface area contributed by atoms with Gasteiger partial charge in [-0.25, -0.2) is 9.78 Å². The molecule has 1 N–H and O–H groups in total. The molecule has 7 nitrogen and oxygen atoms in total. The van der Waals surface area contributed by atoms with Crippen molar-refractivity contribution in [3.8, 4) is 11.3 Å². The van der Waals surface area contributed by atoms with Gasteiger partial charge in [0.15, 0.2) is 0 Å². The largest absolute Gasteiger partial charge is 0.465 e. The normalized spacial score (nSPS) is 11.1. The average Bonchev–Trinajstić information content (AvgIpc) is 3.32. The van der Waals surface area contributed by atoms with E-state index in [1.54, 1.807) is 22.7 Å². The maximum Gasteiger partial charge on any atom is 0.337 e. The Morgan fingerprint density at radius 2 is 1.80 bits per heavy atom. The standard InChI is InChI=1S/C27H29ClN4O3/c1-4-5-6-15-31-24(29-16-19-7-9-21(10-8-19)26(34)35-3)18(2)25(33)32-17-23(30-27(31)32)20-11-13-22(28)14-12-20/h7-14,17,29H,4-6,15-16H2,1-3H3. The van der Waals surface area contributed by atoms with E-state index in [9.17, 15) is 9.59 Å². The number of unbranched alkanes of at least 4 members (excludes halogenated alkanes) is 2. The lowest BCUT2D eigenvalue weighted by Gasteiger charge is -2.19. The van der Waals surface area contributed by atoms with E-state index in [1.807, 2.05) is 43.3 Å². The summed E-state index contributed by atoms with van der Waals surface area (Å²) in [5, 5.41) is 4.10. The molecule has 8 heteroatoms. The van der Waals surface area contributed by atoms with Crippen molar-refractivity contribution in [1.29, 1.82) is 0 Å². The Balaban J connectivity index is 1.72. The summed E-state index contributed by atoms with van der Waals surface area (Å²) in [7, 11) is 1.36. The van der Waals surface area contributed by atoms with Gasteiger partial charge in [0.1, 0.15) is 5.82 Å². The topological polar surface area (TPSA) is 77.6 Å². The van der Waals surface area contributed by atoms with Gasteiger partial charge in [-0.1, -0.05) is 55.6 Å². The third-order valence-electron chi connectivity index (χ3n) is 6.05. The van der Waals surface area contributed by atoms with Crippen LogP contribution < -0.4 is 10.9 Å². The number of aromatic nitrogens is 3. The van der Waals surface area contributed by atoms with Crippen LogP contribution in [0.3, 0.4) is 0 Å². The first kappa shape index (κ1) is 24.5. The lowest BCUT2D eigenvalue weighted by Crippen LogP contribution is -2.24. The Kier molecular flexibility index (Phi) is 7.56. The highest BCUT2D eigenvalue weighted by Crippen LogP contribution is 2.24. The molecule has 4 rings (SSSR count). The van der Waals surface area contributed by atoms with Crippen molar-refractivity contribution in [2.45, 2.75) is 46.2 Å². The van der Waals surface area contributed by atoms with E-state index in [4.69, 9.17) is 21.3 Å². The zero-order valence-corrected chi connectivity index (χ0v) is 20.9. The molecule has 0 radical (unpaired) electrons. The lowest BCUT2D eigenvalue weighted by atomic mass is 10.1. The molecule has 0 atom stereocenters. The number of carbonyl (C=O) groups excluding carboxylic acids is 1. The van der Waals surface area contributed by atoms with E-state index in [0.29, 0.717) is 28.5 Å². The van der Waals surface area contributed by atoms with E-state index < -0.39 is 0 Å². The van der Waals surface area contributed by atoms with Gasteiger partial charge < -0.3 is 10.1 Å². The van der Waals surface area contributed by atoms with E-state index in [-0.39, 0.29) is 11.5 Å². The molecule has 0 spiro atoms. The second-order valence-corrected chi connectivity index (χ2v) is 8.92. The number of anilines is 1. The maximum atomic E-state index is 13.3. The van der Waals surface area contributed by atoms with Crippen LogP contribution in [0.1, 0.15) is 47.7 Å². The molecule has 0 aliphatic rings. The number of methoxy groups -OCH3 is 1. The van der Waals surface area contributed by atoms with Crippen LogP contribution in [0.2, 0.25) is 5.02 Å². The molecule has 4 aromatic rings. The first-order chi connectivity index (χ1) is 16.9. The van der Waals surface area contributed by atoms with Crippen LogP contribution in [-0.2, 0) is 17.8 Å². The van der Waals surface area contributed by atoms with Crippen LogP contribution in [0.25, 0.3) is 17.0 Å². The molecule has 0 aliphatic heterocycles. The molecule has 0 bridgehead atoms. The fourth-order valence-electron chi connectivity index (χ4n) is 4.08. The van der Waals surface area contributed by atoms with Gasteiger partial charge in [-0.3, -0.25) is 13.8 Å². The summed E-state index contributed by atoms with van der Waals surface area (Å²) >= 11 is 6.05. The molecular weight excluding hydrogens is 464 g/mol. The van der Waals surface area contributed by atoms with Crippen molar-refractivity contribution in [3.63, 3.8) is 0 Å². The molecule has 0 aliphatic carbocycles. The van der Waals surface area contributed by atoms with Gasteiger partial charge >= 0.3 is 5.97 Å². The van der Waals surface area contributed by atoms with Crippen LogP contribution in [0, 0.1) is 6.92 Å². The fraction of sp³-hybridized carbons (Fsp3) is 0.296. The molecule has 0 fully saturated rings. The molecule has 0 amide bonds. The first-order valence-corrected chi connectivity index (χ1v) is 12.1. The van der Waals surface area contributed by atoms with Gasteiger partial charge in [0.25, 0.3) is 5.56 Å². The smallest absolute Gasteiger partial charge is 0.337 e. The lowest BCUT2D eigenvalue weighted by molar-refractivity contribution is 0.0600. The molecule has 0 saturated carbocycles. The number of rotatable bonds is 9. The Morgan fingerprint density at radius 1 is 1.09 bits per heavy atom. The van der Waals surface area contributed by atoms with Crippen molar-refractivity contribution in [3.05, 3.63) is 86.8 Å². The van der Waals surface area contributed by atoms with Gasteiger partial charge in [-0.05, 0) is 43.2 Å². The zero-order chi connectivity index (χ0) is 24.9. The maximum absolute atomic E-state index is 13.3. The summed E-state index contributed by atoms with van der Waals surface area (Å²) in [4.78, 5) is 29.8. The number of nitrogens with one attached hydrogen (secondary N) is 1. The van der Waals surface area contributed by atoms with Crippen molar-refractivity contribution < 1.29 is 9.53 Å². The van der Waals surface area contributed by atoms with Gasteiger partial charge in [0.2, 0.25) is 5.78 Å². The Bertz CT molecular complexity index is 1390. The van der Waals surface area contributed by atoms with Gasteiger partial charge in [-0.2, -0.15) is 0 Å². The fourth-order valence-corrected chi connectivity index (χ4v) is 4.20. The molecule has 2 heterocycles. The third-order valence-corrected chi connectivity index (χ3v) is 6.31. The zero-order valence-electron chi connectivity index (χ0n) is 20.2. The number of fused-ring (bicyclic) bond motifs is 1. The second-order valence-electron chi connectivity index (χ2n) is 8.48. The molecule has 2 aromatic heterocycles. The monoisotopic (exact) mass is 492 g/mol. The van der Waals surface area contributed by atoms with Gasteiger partial charge in [0.05, 0.1) is 23.9 Å². The minimum atomic E-state index is -0.369. The van der Waals surface area contributed by atoms with Gasteiger partial charge in [-0.15, -0.1) is 0 Å². The summed E-state index contributed by atoms with van der Waals surface area (Å²) in [6.45, 7) is 5.23. The van der Waals surface area contributed by atoms with Gasteiger partial charge in [0, 0.05) is 29.9 Å².